The molecule has 0 aliphatic heterocycles. The van der Waals surface area contributed by atoms with Crippen LogP contribution in [0.1, 0.15) is 32.6 Å². The van der Waals surface area contributed by atoms with E-state index in [0.29, 0.717) is 0 Å². The highest BCUT2D eigenvalue weighted by atomic mass is 35.5. The van der Waals surface area contributed by atoms with Crippen molar-refractivity contribution in [2.45, 2.75) is 39.2 Å². The van der Waals surface area contributed by atoms with E-state index in [4.69, 9.17) is 11.6 Å². The summed E-state index contributed by atoms with van der Waals surface area (Å²) in [6.45, 7) is 3.34. The summed E-state index contributed by atoms with van der Waals surface area (Å²) in [5.74, 6) is 0. The molecular formula is C14H18ClN. The molecule has 0 spiro atoms. The van der Waals surface area contributed by atoms with Gasteiger partial charge in [-0.05, 0) is 30.0 Å². The lowest BCUT2D eigenvalue weighted by Gasteiger charge is -2.05. The van der Waals surface area contributed by atoms with E-state index in [1.807, 2.05) is 6.07 Å². The molecule has 0 aliphatic carbocycles. The molecule has 0 saturated carbocycles. The van der Waals surface area contributed by atoms with Crippen molar-refractivity contribution in [1.29, 1.82) is 0 Å². The fourth-order valence-electron chi connectivity index (χ4n) is 2.06. The van der Waals surface area contributed by atoms with Crippen molar-refractivity contribution in [2.75, 3.05) is 0 Å². The number of rotatable bonds is 5. The zero-order valence-electron chi connectivity index (χ0n) is 9.75. The Bertz CT molecular complexity index is 459. The third-order valence-corrected chi connectivity index (χ3v) is 3.22. The van der Waals surface area contributed by atoms with Crippen molar-refractivity contribution >= 4 is 22.5 Å². The molecule has 0 N–H and O–H groups in total. The highest BCUT2D eigenvalue weighted by molar-refractivity contribution is 6.31. The molecule has 1 nitrogen and oxygen atoms in total. The van der Waals surface area contributed by atoms with Gasteiger partial charge in [0.25, 0.3) is 0 Å². The van der Waals surface area contributed by atoms with Crippen molar-refractivity contribution < 1.29 is 0 Å². The summed E-state index contributed by atoms with van der Waals surface area (Å²) in [4.78, 5) is 0. The van der Waals surface area contributed by atoms with Gasteiger partial charge in [0.05, 0.1) is 0 Å². The van der Waals surface area contributed by atoms with Gasteiger partial charge in [0.1, 0.15) is 0 Å². The normalized spacial score (nSPS) is 11.1. The monoisotopic (exact) mass is 235 g/mol. The largest absolute Gasteiger partial charge is 0.347 e. The molecule has 0 saturated heterocycles. The summed E-state index contributed by atoms with van der Waals surface area (Å²) >= 11 is 6.02. The minimum atomic E-state index is 0.820. The average molecular weight is 236 g/mol. The SMILES string of the molecule is CCCCCCn1ccc2ccc(Cl)cc21. The summed E-state index contributed by atoms with van der Waals surface area (Å²) in [5.41, 5.74) is 1.25. The summed E-state index contributed by atoms with van der Waals surface area (Å²) in [6.07, 6.45) is 7.35. The van der Waals surface area contributed by atoms with Crippen LogP contribution in [0.3, 0.4) is 0 Å². The van der Waals surface area contributed by atoms with E-state index >= 15 is 0 Å². The zero-order chi connectivity index (χ0) is 11.4. The molecule has 0 atom stereocenters. The van der Waals surface area contributed by atoms with Crippen LogP contribution in [0, 0.1) is 0 Å². The maximum absolute atomic E-state index is 6.02. The van der Waals surface area contributed by atoms with Crippen LogP contribution in [0.4, 0.5) is 0 Å². The number of unbranched alkanes of at least 4 members (excludes halogenated alkanes) is 3. The molecular weight excluding hydrogens is 218 g/mol. The van der Waals surface area contributed by atoms with Gasteiger partial charge in [0, 0.05) is 23.3 Å². The summed E-state index contributed by atoms with van der Waals surface area (Å²) in [7, 11) is 0. The maximum atomic E-state index is 6.02. The van der Waals surface area contributed by atoms with Gasteiger partial charge in [0.2, 0.25) is 0 Å². The third-order valence-electron chi connectivity index (χ3n) is 2.99. The summed E-state index contributed by atoms with van der Waals surface area (Å²) < 4.78 is 2.30. The van der Waals surface area contributed by atoms with Crippen molar-refractivity contribution in [3.8, 4) is 0 Å². The van der Waals surface area contributed by atoms with Crippen LogP contribution < -0.4 is 0 Å². The molecule has 2 rings (SSSR count). The number of benzene rings is 1. The number of fused-ring (bicyclic) bond motifs is 1. The first-order chi connectivity index (χ1) is 7.81. The minimum Gasteiger partial charge on any atom is -0.347 e. The van der Waals surface area contributed by atoms with Gasteiger partial charge in [-0.25, -0.2) is 0 Å². The van der Waals surface area contributed by atoms with Crippen molar-refractivity contribution in [3.63, 3.8) is 0 Å². The number of hydrogen-bond acceptors (Lipinski definition) is 0. The first-order valence-electron chi connectivity index (χ1n) is 6.05. The van der Waals surface area contributed by atoms with E-state index < -0.39 is 0 Å². The Morgan fingerprint density at radius 3 is 2.81 bits per heavy atom. The maximum Gasteiger partial charge on any atom is 0.0495 e. The lowest BCUT2D eigenvalue weighted by atomic mass is 10.2. The second-order valence-corrected chi connectivity index (χ2v) is 4.71. The Labute approximate surface area is 102 Å². The first kappa shape index (κ1) is 11.5. The van der Waals surface area contributed by atoms with Gasteiger partial charge in [-0.15, -0.1) is 0 Å². The van der Waals surface area contributed by atoms with Crippen LogP contribution in [-0.4, -0.2) is 4.57 Å². The van der Waals surface area contributed by atoms with Crippen LogP contribution in [0.15, 0.2) is 30.5 Å². The van der Waals surface area contributed by atoms with Crippen molar-refractivity contribution in [1.82, 2.24) is 4.57 Å². The number of aryl methyl sites for hydroxylation is 1. The Hall–Kier alpha value is -0.950. The molecule has 86 valence electrons. The standard InChI is InChI=1S/C14H18ClN/c1-2-3-4-5-9-16-10-8-12-6-7-13(15)11-14(12)16/h6-8,10-11H,2-5,9H2,1H3. The molecule has 0 unspecified atom stereocenters. The lowest BCUT2D eigenvalue weighted by molar-refractivity contribution is 0.593. The van der Waals surface area contributed by atoms with E-state index in [-0.39, 0.29) is 0 Å². The second-order valence-electron chi connectivity index (χ2n) is 4.27. The molecule has 0 radical (unpaired) electrons. The number of hydrogen-bond donors (Lipinski definition) is 0. The van der Waals surface area contributed by atoms with E-state index in [0.717, 1.165) is 11.6 Å². The molecule has 1 heterocycles. The predicted octanol–water partition coefficient (Wildman–Crippen LogP) is 4.88. The molecule has 1 aromatic carbocycles. The lowest BCUT2D eigenvalue weighted by Crippen LogP contribution is -1.95. The van der Waals surface area contributed by atoms with Gasteiger partial charge in [-0.3, -0.25) is 0 Å². The quantitative estimate of drug-likeness (QED) is 0.652. The first-order valence-corrected chi connectivity index (χ1v) is 6.43. The van der Waals surface area contributed by atoms with Crippen LogP contribution >= 0.6 is 11.6 Å². The Balaban J connectivity index is 2.09. The molecule has 1 aromatic heterocycles. The van der Waals surface area contributed by atoms with E-state index in [2.05, 4.69) is 35.9 Å². The van der Waals surface area contributed by atoms with Gasteiger partial charge in [-0.2, -0.15) is 0 Å². The fraction of sp³-hybridized carbons (Fsp3) is 0.429. The molecule has 0 aliphatic rings. The molecule has 0 amide bonds. The molecule has 0 fully saturated rings. The predicted molar refractivity (Wildman–Crippen MR) is 71.1 cm³/mol. The second kappa shape index (κ2) is 5.40. The molecule has 16 heavy (non-hydrogen) atoms. The smallest absolute Gasteiger partial charge is 0.0495 e. The van der Waals surface area contributed by atoms with E-state index in [1.165, 1.54) is 36.6 Å². The topological polar surface area (TPSA) is 4.93 Å². The summed E-state index contributed by atoms with van der Waals surface area (Å²) in [6, 6.07) is 8.24. The van der Waals surface area contributed by atoms with Gasteiger partial charge < -0.3 is 4.57 Å². The fourth-order valence-corrected chi connectivity index (χ4v) is 2.23. The van der Waals surface area contributed by atoms with Gasteiger partial charge in [-0.1, -0.05) is 43.9 Å². The highest BCUT2D eigenvalue weighted by Gasteiger charge is 2.01. The zero-order valence-corrected chi connectivity index (χ0v) is 10.5. The molecule has 0 bridgehead atoms. The van der Waals surface area contributed by atoms with Crippen LogP contribution in [-0.2, 0) is 6.54 Å². The van der Waals surface area contributed by atoms with Gasteiger partial charge in [0.15, 0.2) is 0 Å². The molecule has 2 aromatic rings. The van der Waals surface area contributed by atoms with Crippen LogP contribution in [0.2, 0.25) is 5.02 Å². The third kappa shape index (κ3) is 2.59. The summed E-state index contributed by atoms with van der Waals surface area (Å²) in [5, 5.41) is 2.10. The number of halogens is 1. The molecule has 2 heteroatoms. The van der Waals surface area contributed by atoms with E-state index in [9.17, 15) is 0 Å². The van der Waals surface area contributed by atoms with Gasteiger partial charge >= 0.3 is 0 Å². The Morgan fingerprint density at radius 2 is 2.00 bits per heavy atom. The minimum absolute atomic E-state index is 0.820. The van der Waals surface area contributed by atoms with Crippen molar-refractivity contribution in [2.24, 2.45) is 0 Å². The average Bonchev–Trinajstić information content (AvgIpc) is 2.67. The Kier molecular flexibility index (Phi) is 3.89. The number of nitrogens with zero attached hydrogens (tertiary/aromatic N) is 1. The Morgan fingerprint density at radius 1 is 1.12 bits per heavy atom. The number of aromatic nitrogens is 1. The van der Waals surface area contributed by atoms with Crippen LogP contribution in [0.25, 0.3) is 10.9 Å². The van der Waals surface area contributed by atoms with E-state index in [1.54, 1.807) is 0 Å². The van der Waals surface area contributed by atoms with Crippen molar-refractivity contribution in [3.05, 3.63) is 35.5 Å². The van der Waals surface area contributed by atoms with Crippen LogP contribution in [0.5, 0.6) is 0 Å². The highest BCUT2D eigenvalue weighted by Crippen LogP contribution is 2.21.